The molecule has 1 aliphatic rings. The largest absolute Gasteiger partial charge is 0.389 e. The number of nitrogens with two attached hydrogens (primary N) is 1. The molecule has 1 aliphatic heterocycles. The van der Waals surface area contributed by atoms with Crippen molar-refractivity contribution in [3.05, 3.63) is 29.8 Å². The minimum absolute atomic E-state index is 0.0882. The molecule has 0 aliphatic carbocycles. The Morgan fingerprint density at radius 1 is 1.42 bits per heavy atom. The van der Waals surface area contributed by atoms with E-state index in [9.17, 15) is 8.42 Å². The van der Waals surface area contributed by atoms with Crippen molar-refractivity contribution in [3.63, 3.8) is 0 Å². The SMILES string of the molecule is CN(C1CCSC1)S(=O)(=O)c1ccc(C(N)=S)cc1. The molecule has 0 bridgehead atoms. The van der Waals surface area contributed by atoms with Crippen LogP contribution in [0.3, 0.4) is 0 Å². The van der Waals surface area contributed by atoms with Crippen molar-refractivity contribution in [2.75, 3.05) is 18.6 Å². The van der Waals surface area contributed by atoms with E-state index < -0.39 is 10.0 Å². The summed E-state index contributed by atoms with van der Waals surface area (Å²) in [6.45, 7) is 0. The van der Waals surface area contributed by atoms with Crippen LogP contribution in [0, 0.1) is 0 Å². The molecule has 2 N–H and O–H groups in total. The van der Waals surface area contributed by atoms with Gasteiger partial charge in [-0.15, -0.1) is 0 Å². The second kappa shape index (κ2) is 5.78. The van der Waals surface area contributed by atoms with Crippen molar-refractivity contribution >= 4 is 39.0 Å². The minimum Gasteiger partial charge on any atom is -0.389 e. The Hall–Kier alpha value is -0.630. The molecule has 1 aromatic rings. The predicted molar refractivity (Wildman–Crippen MR) is 83.0 cm³/mol. The first-order valence-corrected chi connectivity index (χ1v) is 8.89. The van der Waals surface area contributed by atoms with Crippen LogP contribution in [0.15, 0.2) is 29.2 Å². The van der Waals surface area contributed by atoms with Crippen LogP contribution >= 0.6 is 24.0 Å². The lowest BCUT2D eigenvalue weighted by Crippen LogP contribution is -2.36. The predicted octanol–water partition coefficient (Wildman–Crippen LogP) is 1.45. The van der Waals surface area contributed by atoms with Crippen molar-refractivity contribution < 1.29 is 8.42 Å². The fraction of sp³-hybridized carbons (Fsp3) is 0.417. The van der Waals surface area contributed by atoms with Gasteiger partial charge < -0.3 is 5.73 Å². The number of benzene rings is 1. The number of rotatable bonds is 4. The maximum Gasteiger partial charge on any atom is 0.243 e. The van der Waals surface area contributed by atoms with E-state index in [4.69, 9.17) is 18.0 Å². The van der Waals surface area contributed by atoms with Gasteiger partial charge in [-0.25, -0.2) is 8.42 Å². The van der Waals surface area contributed by atoms with Crippen LogP contribution in [0.2, 0.25) is 0 Å². The van der Waals surface area contributed by atoms with Gasteiger partial charge in [0.1, 0.15) is 4.99 Å². The molecule has 7 heteroatoms. The van der Waals surface area contributed by atoms with Crippen molar-refractivity contribution in [1.82, 2.24) is 4.31 Å². The van der Waals surface area contributed by atoms with Crippen LogP contribution in [0.4, 0.5) is 0 Å². The number of hydrogen-bond donors (Lipinski definition) is 1. The summed E-state index contributed by atoms with van der Waals surface area (Å²) in [5.41, 5.74) is 6.18. The van der Waals surface area contributed by atoms with Gasteiger partial charge in [-0.05, 0) is 24.3 Å². The second-order valence-electron chi connectivity index (χ2n) is 4.43. The number of thioether (sulfide) groups is 1. The molecule has 1 unspecified atom stereocenters. The molecule has 1 fully saturated rings. The lowest BCUT2D eigenvalue weighted by molar-refractivity contribution is 0.394. The average Bonchev–Trinajstić information content (AvgIpc) is 2.91. The topological polar surface area (TPSA) is 63.4 Å². The van der Waals surface area contributed by atoms with Gasteiger partial charge in [0.15, 0.2) is 0 Å². The molecule has 0 aromatic heterocycles. The van der Waals surface area contributed by atoms with E-state index in [-0.39, 0.29) is 15.9 Å². The summed E-state index contributed by atoms with van der Waals surface area (Å²) in [7, 11) is -1.78. The van der Waals surface area contributed by atoms with Gasteiger partial charge in [-0.2, -0.15) is 16.1 Å². The summed E-state index contributed by atoms with van der Waals surface area (Å²) >= 11 is 6.64. The smallest absolute Gasteiger partial charge is 0.243 e. The molecule has 4 nitrogen and oxygen atoms in total. The number of thiocarbonyl (C=S) groups is 1. The van der Waals surface area contributed by atoms with Gasteiger partial charge in [-0.3, -0.25) is 0 Å². The van der Waals surface area contributed by atoms with E-state index in [0.29, 0.717) is 5.56 Å². The van der Waals surface area contributed by atoms with Crippen molar-refractivity contribution in [2.24, 2.45) is 5.73 Å². The summed E-state index contributed by atoms with van der Waals surface area (Å²) in [5.74, 6) is 1.88. The van der Waals surface area contributed by atoms with Gasteiger partial charge in [-0.1, -0.05) is 24.4 Å². The zero-order valence-electron chi connectivity index (χ0n) is 10.6. The molecule has 0 amide bonds. The van der Waals surface area contributed by atoms with Gasteiger partial charge in [0.05, 0.1) is 4.90 Å². The van der Waals surface area contributed by atoms with Gasteiger partial charge in [0.2, 0.25) is 10.0 Å². The van der Waals surface area contributed by atoms with Crippen molar-refractivity contribution in [3.8, 4) is 0 Å². The maximum absolute atomic E-state index is 12.5. The highest BCUT2D eigenvalue weighted by Crippen LogP contribution is 2.26. The second-order valence-corrected chi connectivity index (χ2v) is 8.01. The summed E-state index contributed by atoms with van der Waals surface area (Å²) < 4.78 is 26.4. The minimum atomic E-state index is -3.43. The third kappa shape index (κ3) is 3.10. The standard InChI is InChI=1S/C12H16N2O2S3/c1-14(10-6-7-18-8-10)19(15,16)11-4-2-9(3-5-11)12(13)17/h2-5,10H,6-8H2,1H3,(H2,13,17). The molecule has 19 heavy (non-hydrogen) atoms. The Labute approximate surface area is 123 Å². The summed E-state index contributed by atoms with van der Waals surface area (Å²) in [5, 5.41) is 0. The molecule has 104 valence electrons. The van der Waals surface area contributed by atoms with Gasteiger partial charge >= 0.3 is 0 Å². The van der Waals surface area contributed by atoms with Crippen LogP contribution in [0.5, 0.6) is 0 Å². The first-order chi connectivity index (χ1) is 8.93. The maximum atomic E-state index is 12.5. The highest BCUT2D eigenvalue weighted by Gasteiger charge is 2.30. The van der Waals surface area contributed by atoms with Crippen LogP contribution in [-0.2, 0) is 10.0 Å². The van der Waals surface area contributed by atoms with Crippen LogP contribution in [-0.4, -0.2) is 42.3 Å². The van der Waals surface area contributed by atoms with Gasteiger partial charge in [0.25, 0.3) is 0 Å². The zero-order chi connectivity index (χ0) is 14.0. The van der Waals surface area contributed by atoms with Crippen LogP contribution < -0.4 is 5.73 Å². The Bertz CT molecular complexity index is 563. The highest BCUT2D eigenvalue weighted by atomic mass is 32.2. The van der Waals surface area contributed by atoms with E-state index in [0.717, 1.165) is 17.9 Å². The van der Waals surface area contributed by atoms with Gasteiger partial charge in [0, 0.05) is 24.4 Å². The molecule has 1 heterocycles. The normalized spacial score (nSPS) is 19.8. The molecule has 0 saturated carbocycles. The first-order valence-electron chi connectivity index (χ1n) is 5.88. The Morgan fingerprint density at radius 3 is 2.53 bits per heavy atom. The van der Waals surface area contributed by atoms with Crippen LogP contribution in [0.1, 0.15) is 12.0 Å². The van der Waals surface area contributed by atoms with E-state index in [1.807, 2.05) is 0 Å². The molecule has 1 atom stereocenters. The molecule has 2 rings (SSSR count). The molecule has 0 spiro atoms. The monoisotopic (exact) mass is 316 g/mol. The van der Waals surface area contributed by atoms with Crippen molar-refractivity contribution in [1.29, 1.82) is 0 Å². The number of nitrogens with zero attached hydrogens (tertiary/aromatic N) is 1. The van der Waals surface area contributed by atoms with Crippen molar-refractivity contribution in [2.45, 2.75) is 17.4 Å². The zero-order valence-corrected chi connectivity index (χ0v) is 13.0. The summed E-state index contributed by atoms with van der Waals surface area (Å²) in [6, 6.07) is 6.49. The van der Waals surface area contributed by atoms with E-state index in [2.05, 4.69) is 0 Å². The van der Waals surface area contributed by atoms with E-state index in [1.165, 1.54) is 4.31 Å². The first kappa shape index (κ1) is 14.8. The molecule has 0 radical (unpaired) electrons. The average molecular weight is 316 g/mol. The molecular weight excluding hydrogens is 300 g/mol. The molecule has 1 saturated heterocycles. The molecule has 1 aromatic carbocycles. The number of hydrogen-bond acceptors (Lipinski definition) is 4. The summed E-state index contributed by atoms with van der Waals surface area (Å²) in [4.78, 5) is 0.552. The Morgan fingerprint density at radius 2 is 2.05 bits per heavy atom. The van der Waals surface area contributed by atoms with E-state index >= 15 is 0 Å². The van der Waals surface area contributed by atoms with E-state index in [1.54, 1.807) is 43.1 Å². The fourth-order valence-electron chi connectivity index (χ4n) is 1.96. The number of sulfonamides is 1. The molecular formula is C12H16N2O2S3. The Kier molecular flexibility index (Phi) is 4.50. The lowest BCUT2D eigenvalue weighted by Gasteiger charge is -2.23. The third-order valence-electron chi connectivity index (χ3n) is 3.24. The lowest BCUT2D eigenvalue weighted by atomic mass is 10.2. The third-order valence-corrected chi connectivity index (χ3v) is 6.54. The van der Waals surface area contributed by atoms with Crippen LogP contribution in [0.25, 0.3) is 0 Å². The summed E-state index contributed by atoms with van der Waals surface area (Å²) in [6.07, 6.45) is 0.908. The fourth-order valence-corrected chi connectivity index (χ4v) is 4.85. The Balaban J connectivity index is 2.25. The quantitative estimate of drug-likeness (QED) is 0.852. The highest BCUT2D eigenvalue weighted by molar-refractivity contribution is 7.99.